The first-order chi connectivity index (χ1) is 14.5. The van der Waals surface area contributed by atoms with Crippen molar-refractivity contribution < 1.29 is 27.4 Å². The first-order valence-corrected chi connectivity index (χ1v) is 12.0. The van der Waals surface area contributed by atoms with Crippen molar-refractivity contribution in [2.75, 3.05) is 56.7 Å². The van der Waals surface area contributed by atoms with Gasteiger partial charge in [0.25, 0.3) is 5.91 Å². The van der Waals surface area contributed by atoms with E-state index in [4.69, 9.17) is 14.2 Å². The first-order valence-electron chi connectivity index (χ1n) is 10.5. The molecule has 2 atom stereocenters. The Morgan fingerprint density at radius 2 is 1.80 bits per heavy atom. The summed E-state index contributed by atoms with van der Waals surface area (Å²) in [4.78, 5) is 12.8. The van der Waals surface area contributed by atoms with Gasteiger partial charge in [-0.05, 0) is 43.9 Å². The lowest BCUT2D eigenvalue weighted by Gasteiger charge is -2.26. The van der Waals surface area contributed by atoms with Crippen molar-refractivity contribution >= 4 is 27.3 Å². The van der Waals surface area contributed by atoms with Gasteiger partial charge in [-0.1, -0.05) is 0 Å². The average Bonchev–Trinajstić information content (AvgIpc) is 3.47. The zero-order valence-electron chi connectivity index (χ0n) is 17.0. The van der Waals surface area contributed by atoms with Gasteiger partial charge in [-0.2, -0.15) is 4.31 Å². The third-order valence-corrected chi connectivity index (χ3v) is 7.52. The Bertz CT molecular complexity index is 844. The number of carbonyl (C=O) groups excluding carboxylic acids is 1. The molecule has 0 aliphatic carbocycles. The summed E-state index contributed by atoms with van der Waals surface area (Å²) in [5.41, 5.74) is 1.10. The van der Waals surface area contributed by atoms with Crippen LogP contribution in [0.15, 0.2) is 23.1 Å². The molecule has 0 aromatic heterocycles. The Balaban J connectivity index is 1.56. The zero-order chi connectivity index (χ0) is 21.0. The molecule has 10 heteroatoms. The highest BCUT2D eigenvalue weighted by atomic mass is 32.2. The Morgan fingerprint density at radius 3 is 2.50 bits per heavy atom. The number of ether oxygens (including phenoxy) is 3. The fourth-order valence-corrected chi connectivity index (χ4v) is 5.34. The second-order valence-electron chi connectivity index (χ2n) is 7.73. The molecule has 2 unspecified atom stereocenters. The minimum atomic E-state index is -3.67. The molecule has 4 rings (SSSR count). The summed E-state index contributed by atoms with van der Waals surface area (Å²) < 4.78 is 43.9. The molecule has 30 heavy (non-hydrogen) atoms. The number of carbonyl (C=O) groups is 1. The monoisotopic (exact) mass is 439 g/mol. The molecule has 3 saturated heterocycles. The van der Waals surface area contributed by atoms with Gasteiger partial charge in [0.2, 0.25) is 10.0 Å². The second kappa shape index (κ2) is 9.61. The number of nitrogens with zero attached hydrogens (tertiary/aromatic N) is 1. The van der Waals surface area contributed by atoms with Gasteiger partial charge in [0.1, 0.15) is 6.10 Å². The van der Waals surface area contributed by atoms with E-state index in [2.05, 4.69) is 10.6 Å². The maximum absolute atomic E-state index is 13.1. The average molecular weight is 440 g/mol. The van der Waals surface area contributed by atoms with Crippen LogP contribution in [-0.2, 0) is 29.0 Å². The number of nitrogens with one attached hydrogen (secondary N) is 2. The minimum Gasteiger partial charge on any atom is -0.381 e. The van der Waals surface area contributed by atoms with Gasteiger partial charge < -0.3 is 24.8 Å². The number of sulfonamides is 1. The van der Waals surface area contributed by atoms with Crippen molar-refractivity contribution in [3.63, 3.8) is 0 Å². The van der Waals surface area contributed by atoms with Crippen molar-refractivity contribution in [1.82, 2.24) is 4.31 Å². The van der Waals surface area contributed by atoms with Crippen LogP contribution in [0.5, 0.6) is 0 Å². The van der Waals surface area contributed by atoms with E-state index >= 15 is 0 Å². The standard InChI is InChI=1S/C20H29N3O6S/c24-20(19-4-2-10-29-19)22-18-13-16(30(25,26)23-7-11-27-12-8-23)5-6-17(18)21-14-15-3-1-9-28-15/h5-6,13,15,19,21H,1-4,7-12,14H2,(H,22,24). The lowest BCUT2D eigenvalue weighted by atomic mass is 10.2. The minimum absolute atomic E-state index is 0.114. The Kier molecular flexibility index (Phi) is 6.89. The van der Waals surface area contributed by atoms with E-state index < -0.39 is 16.1 Å². The van der Waals surface area contributed by atoms with E-state index in [-0.39, 0.29) is 16.9 Å². The Labute approximate surface area is 177 Å². The summed E-state index contributed by atoms with van der Waals surface area (Å²) >= 11 is 0. The molecule has 166 valence electrons. The lowest BCUT2D eigenvalue weighted by Crippen LogP contribution is -2.40. The molecular formula is C20H29N3O6S. The van der Waals surface area contributed by atoms with Crippen LogP contribution in [-0.4, -0.2) is 76.9 Å². The highest BCUT2D eigenvalue weighted by molar-refractivity contribution is 7.89. The van der Waals surface area contributed by atoms with E-state index in [0.29, 0.717) is 57.3 Å². The molecule has 2 N–H and O–H groups in total. The van der Waals surface area contributed by atoms with Crippen molar-refractivity contribution in [2.45, 2.75) is 42.8 Å². The van der Waals surface area contributed by atoms with Gasteiger partial charge in [-0.15, -0.1) is 0 Å². The number of rotatable bonds is 7. The molecule has 1 aromatic rings. The van der Waals surface area contributed by atoms with Gasteiger partial charge in [-0.3, -0.25) is 4.79 Å². The molecule has 0 radical (unpaired) electrons. The number of hydrogen-bond acceptors (Lipinski definition) is 7. The first kappa shape index (κ1) is 21.5. The predicted octanol–water partition coefficient (Wildman–Crippen LogP) is 1.42. The van der Waals surface area contributed by atoms with Crippen molar-refractivity contribution in [1.29, 1.82) is 0 Å². The number of amides is 1. The Morgan fingerprint density at radius 1 is 1.03 bits per heavy atom. The van der Waals surface area contributed by atoms with Gasteiger partial charge in [0.05, 0.1) is 35.6 Å². The molecule has 3 aliphatic heterocycles. The summed E-state index contributed by atoms with van der Waals surface area (Å²) in [6.45, 7) is 3.31. The number of anilines is 2. The van der Waals surface area contributed by atoms with Crippen molar-refractivity contribution in [2.24, 2.45) is 0 Å². The van der Waals surface area contributed by atoms with Crippen LogP contribution in [0.3, 0.4) is 0 Å². The SMILES string of the molecule is O=C(Nc1cc(S(=O)(=O)N2CCOCC2)ccc1NCC1CCCO1)C1CCCO1. The summed E-state index contributed by atoms with van der Waals surface area (Å²) in [6, 6.07) is 4.80. The van der Waals surface area contributed by atoms with Crippen LogP contribution in [0, 0.1) is 0 Å². The van der Waals surface area contributed by atoms with Gasteiger partial charge in [0.15, 0.2) is 0 Å². The molecule has 0 bridgehead atoms. The quantitative estimate of drug-likeness (QED) is 0.662. The van der Waals surface area contributed by atoms with E-state index in [1.54, 1.807) is 12.1 Å². The van der Waals surface area contributed by atoms with Crippen LogP contribution >= 0.6 is 0 Å². The fraction of sp³-hybridized carbons (Fsp3) is 0.650. The van der Waals surface area contributed by atoms with E-state index in [1.807, 2.05) is 0 Å². The molecule has 3 fully saturated rings. The maximum atomic E-state index is 13.1. The van der Waals surface area contributed by atoms with Crippen molar-refractivity contribution in [3.05, 3.63) is 18.2 Å². The largest absolute Gasteiger partial charge is 0.381 e. The van der Waals surface area contributed by atoms with Gasteiger partial charge >= 0.3 is 0 Å². The molecule has 1 amide bonds. The highest BCUT2D eigenvalue weighted by Crippen LogP contribution is 2.29. The van der Waals surface area contributed by atoms with Crippen LogP contribution in [0.1, 0.15) is 25.7 Å². The lowest BCUT2D eigenvalue weighted by molar-refractivity contribution is -0.124. The van der Waals surface area contributed by atoms with Gasteiger partial charge in [-0.25, -0.2) is 8.42 Å². The molecule has 1 aromatic carbocycles. The summed E-state index contributed by atoms with van der Waals surface area (Å²) in [5, 5.41) is 6.17. The van der Waals surface area contributed by atoms with Crippen molar-refractivity contribution in [3.8, 4) is 0 Å². The zero-order valence-corrected chi connectivity index (χ0v) is 17.8. The Hall–Kier alpha value is -1.72. The number of morpholine rings is 1. The normalized spacial score (nSPS) is 25.3. The molecule has 0 spiro atoms. The smallest absolute Gasteiger partial charge is 0.253 e. The molecule has 3 aliphatic rings. The van der Waals surface area contributed by atoms with Crippen LogP contribution in [0.25, 0.3) is 0 Å². The molecular weight excluding hydrogens is 410 g/mol. The van der Waals surface area contributed by atoms with E-state index in [0.717, 1.165) is 25.9 Å². The number of benzene rings is 1. The third-order valence-electron chi connectivity index (χ3n) is 5.62. The number of hydrogen-bond donors (Lipinski definition) is 2. The summed E-state index contributed by atoms with van der Waals surface area (Å²) in [5.74, 6) is -0.256. The molecule has 9 nitrogen and oxygen atoms in total. The molecule has 0 saturated carbocycles. The van der Waals surface area contributed by atoms with E-state index in [1.165, 1.54) is 10.4 Å². The molecule has 3 heterocycles. The van der Waals surface area contributed by atoms with Crippen LogP contribution in [0.4, 0.5) is 11.4 Å². The second-order valence-corrected chi connectivity index (χ2v) is 9.67. The third kappa shape index (κ3) is 4.94. The highest BCUT2D eigenvalue weighted by Gasteiger charge is 2.29. The fourth-order valence-electron chi connectivity index (χ4n) is 3.90. The maximum Gasteiger partial charge on any atom is 0.253 e. The van der Waals surface area contributed by atoms with Gasteiger partial charge in [0, 0.05) is 32.8 Å². The van der Waals surface area contributed by atoms with Crippen LogP contribution < -0.4 is 10.6 Å². The van der Waals surface area contributed by atoms with Crippen LogP contribution in [0.2, 0.25) is 0 Å². The topological polar surface area (TPSA) is 106 Å². The van der Waals surface area contributed by atoms with E-state index in [9.17, 15) is 13.2 Å². The summed E-state index contributed by atoms with van der Waals surface area (Å²) in [7, 11) is -3.67. The predicted molar refractivity (Wildman–Crippen MR) is 111 cm³/mol. The summed E-state index contributed by atoms with van der Waals surface area (Å²) in [6.07, 6.45) is 3.13.